The van der Waals surface area contributed by atoms with Crippen molar-refractivity contribution in [1.82, 2.24) is 5.32 Å². The molecular weight excluding hydrogens is 302 g/mol. The highest BCUT2D eigenvalue weighted by molar-refractivity contribution is 5.77. The third-order valence-electron chi connectivity index (χ3n) is 4.28. The molecule has 0 heterocycles. The summed E-state index contributed by atoms with van der Waals surface area (Å²) in [6.07, 6.45) is 6.17. The van der Waals surface area contributed by atoms with Crippen molar-refractivity contribution in [2.75, 3.05) is 13.7 Å². The van der Waals surface area contributed by atoms with E-state index in [-0.39, 0.29) is 0 Å². The molecule has 1 aromatic carbocycles. The largest absolute Gasteiger partial charge is 0.493 e. The highest BCUT2D eigenvalue weighted by atomic mass is 16.5. The summed E-state index contributed by atoms with van der Waals surface area (Å²) >= 11 is 0. The van der Waals surface area contributed by atoms with Gasteiger partial charge in [-0.15, -0.1) is 0 Å². The van der Waals surface area contributed by atoms with E-state index in [2.05, 4.69) is 24.2 Å². The molecular formula is C19H31N3O2. The van der Waals surface area contributed by atoms with Crippen LogP contribution in [-0.2, 0) is 6.54 Å². The lowest BCUT2D eigenvalue weighted by atomic mass is 10.1. The molecule has 1 aliphatic carbocycles. The van der Waals surface area contributed by atoms with Crippen LogP contribution in [0, 0.1) is 5.92 Å². The van der Waals surface area contributed by atoms with Gasteiger partial charge in [0, 0.05) is 6.54 Å². The lowest BCUT2D eigenvalue weighted by Gasteiger charge is -2.16. The van der Waals surface area contributed by atoms with Gasteiger partial charge < -0.3 is 20.5 Å². The van der Waals surface area contributed by atoms with E-state index in [1.54, 1.807) is 7.11 Å². The zero-order chi connectivity index (χ0) is 17.4. The van der Waals surface area contributed by atoms with E-state index >= 15 is 0 Å². The van der Waals surface area contributed by atoms with Crippen LogP contribution in [0.2, 0.25) is 0 Å². The number of methoxy groups -OCH3 is 1. The van der Waals surface area contributed by atoms with Crippen molar-refractivity contribution < 1.29 is 9.47 Å². The first-order valence-corrected chi connectivity index (χ1v) is 8.96. The summed E-state index contributed by atoms with van der Waals surface area (Å²) in [5.41, 5.74) is 6.95. The van der Waals surface area contributed by atoms with Crippen LogP contribution in [0.25, 0.3) is 0 Å². The van der Waals surface area contributed by atoms with E-state index in [1.807, 2.05) is 18.2 Å². The van der Waals surface area contributed by atoms with Crippen LogP contribution in [0.4, 0.5) is 0 Å². The molecule has 1 saturated carbocycles. The second-order valence-electron chi connectivity index (χ2n) is 6.82. The van der Waals surface area contributed by atoms with Gasteiger partial charge in [-0.1, -0.05) is 19.9 Å². The number of nitrogens with two attached hydrogens (primary N) is 1. The second-order valence-corrected chi connectivity index (χ2v) is 6.82. The Bertz CT molecular complexity index is 537. The molecule has 0 bridgehead atoms. The van der Waals surface area contributed by atoms with E-state index in [9.17, 15) is 0 Å². The molecule has 0 spiro atoms. The minimum atomic E-state index is 0.323. The van der Waals surface area contributed by atoms with Crippen LogP contribution < -0.4 is 20.5 Å². The molecule has 5 heteroatoms. The van der Waals surface area contributed by atoms with E-state index in [0.717, 1.165) is 42.9 Å². The number of rotatable bonds is 8. The first-order chi connectivity index (χ1) is 11.6. The summed E-state index contributed by atoms with van der Waals surface area (Å²) in [5, 5.41) is 3.14. The zero-order valence-corrected chi connectivity index (χ0v) is 15.2. The van der Waals surface area contributed by atoms with E-state index in [4.69, 9.17) is 15.2 Å². The summed E-state index contributed by atoms with van der Waals surface area (Å²) in [7, 11) is 1.67. The molecule has 1 fully saturated rings. The molecule has 2 rings (SSSR count). The topological polar surface area (TPSA) is 68.9 Å². The Morgan fingerprint density at radius 2 is 2.04 bits per heavy atom. The Balaban J connectivity index is 1.90. The fraction of sp³-hybridized carbons (Fsp3) is 0.632. The number of guanidine groups is 1. The Hall–Kier alpha value is -1.91. The van der Waals surface area contributed by atoms with Crippen LogP contribution >= 0.6 is 0 Å². The third kappa shape index (κ3) is 5.95. The maximum atomic E-state index is 6.06. The second kappa shape index (κ2) is 9.40. The Morgan fingerprint density at radius 3 is 2.71 bits per heavy atom. The van der Waals surface area contributed by atoms with Gasteiger partial charge >= 0.3 is 0 Å². The van der Waals surface area contributed by atoms with Gasteiger partial charge in [-0.25, -0.2) is 4.99 Å². The molecule has 0 saturated heterocycles. The highest BCUT2D eigenvalue weighted by Crippen LogP contribution is 2.32. The molecule has 1 aliphatic rings. The standard InChI is InChI=1S/C19H31N3O2/c1-14(2)10-11-21-19(20)22-13-15-8-9-17(18(12-15)23-3)24-16-6-4-5-7-16/h8-9,12,14,16H,4-7,10-11,13H2,1-3H3,(H3,20,21,22). The quantitative estimate of drug-likeness (QED) is 0.564. The molecule has 1 aromatic rings. The van der Waals surface area contributed by atoms with Gasteiger partial charge in [0.05, 0.1) is 19.8 Å². The Kier molecular flexibility index (Phi) is 7.22. The van der Waals surface area contributed by atoms with Crippen LogP contribution in [0.1, 0.15) is 51.5 Å². The average molecular weight is 333 g/mol. The van der Waals surface area contributed by atoms with Crippen LogP contribution in [-0.4, -0.2) is 25.7 Å². The van der Waals surface area contributed by atoms with Crippen LogP contribution in [0.3, 0.4) is 0 Å². The van der Waals surface area contributed by atoms with Gasteiger partial charge in [0.1, 0.15) is 0 Å². The van der Waals surface area contributed by atoms with Crippen molar-refractivity contribution in [3.05, 3.63) is 23.8 Å². The maximum absolute atomic E-state index is 6.06. The molecule has 3 N–H and O–H groups in total. The molecule has 0 aliphatic heterocycles. The van der Waals surface area contributed by atoms with Gasteiger partial charge in [0.15, 0.2) is 17.5 Å². The van der Waals surface area contributed by atoms with E-state index in [0.29, 0.717) is 24.5 Å². The van der Waals surface area contributed by atoms with Gasteiger partial charge in [-0.3, -0.25) is 0 Å². The molecule has 0 atom stereocenters. The van der Waals surface area contributed by atoms with Crippen molar-refractivity contribution in [3.63, 3.8) is 0 Å². The Labute approximate surface area is 145 Å². The van der Waals surface area contributed by atoms with Crippen LogP contribution in [0.5, 0.6) is 11.5 Å². The normalized spacial score (nSPS) is 15.8. The minimum Gasteiger partial charge on any atom is -0.493 e. The predicted octanol–water partition coefficient (Wildman–Crippen LogP) is 3.47. The zero-order valence-electron chi connectivity index (χ0n) is 15.2. The van der Waals surface area contributed by atoms with Gasteiger partial charge in [-0.2, -0.15) is 0 Å². The van der Waals surface area contributed by atoms with E-state index < -0.39 is 0 Å². The van der Waals surface area contributed by atoms with Crippen molar-refractivity contribution >= 4 is 5.96 Å². The SMILES string of the molecule is COc1cc(CN=C(N)NCCC(C)C)ccc1OC1CCCC1. The number of benzene rings is 1. The number of ether oxygens (including phenoxy) is 2. The summed E-state index contributed by atoms with van der Waals surface area (Å²) < 4.78 is 11.5. The minimum absolute atomic E-state index is 0.323. The molecule has 24 heavy (non-hydrogen) atoms. The molecule has 5 nitrogen and oxygen atoms in total. The highest BCUT2D eigenvalue weighted by Gasteiger charge is 2.18. The van der Waals surface area contributed by atoms with Crippen molar-refractivity contribution in [2.24, 2.45) is 16.6 Å². The van der Waals surface area contributed by atoms with Gasteiger partial charge in [-0.05, 0) is 55.7 Å². The average Bonchev–Trinajstić information content (AvgIpc) is 3.06. The molecule has 0 aromatic heterocycles. The molecule has 0 radical (unpaired) electrons. The summed E-state index contributed by atoms with van der Waals surface area (Å²) in [6.45, 7) is 5.76. The number of nitrogens with one attached hydrogen (secondary N) is 1. The molecule has 134 valence electrons. The van der Waals surface area contributed by atoms with E-state index in [1.165, 1.54) is 12.8 Å². The molecule has 0 unspecified atom stereocenters. The number of aliphatic imine (C=N–C) groups is 1. The summed E-state index contributed by atoms with van der Waals surface area (Å²) in [4.78, 5) is 4.39. The lowest BCUT2D eigenvalue weighted by Crippen LogP contribution is -2.32. The number of nitrogens with zero attached hydrogens (tertiary/aromatic N) is 1. The van der Waals surface area contributed by atoms with Crippen LogP contribution in [0.15, 0.2) is 23.2 Å². The third-order valence-corrected chi connectivity index (χ3v) is 4.28. The van der Waals surface area contributed by atoms with Crippen molar-refractivity contribution in [2.45, 2.75) is 58.6 Å². The van der Waals surface area contributed by atoms with Gasteiger partial charge in [0.2, 0.25) is 0 Å². The van der Waals surface area contributed by atoms with Gasteiger partial charge in [0.25, 0.3) is 0 Å². The predicted molar refractivity (Wildman–Crippen MR) is 98.7 cm³/mol. The summed E-state index contributed by atoms with van der Waals surface area (Å²) in [5.74, 6) is 2.73. The van der Waals surface area contributed by atoms with Crippen molar-refractivity contribution in [1.29, 1.82) is 0 Å². The number of hydrogen-bond donors (Lipinski definition) is 2. The first kappa shape index (κ1) is 18.4. The first-order valence-electron chi connectivity index (χ1n) is 8.96. The lowest BCUT2D eigenvalue weighted by molar-refractivity contribution is 0.200. The number of hydrogen-bond acceptors (Lipinski definition) is 3. The fourth-order valence-electron chi connectivity index (χ4n) is 2.81. The summed E-state index contributed by atoms with van der Waals surface area (Å²) in [6, 6.07) is 5.98. The van der Waals surface area contributed by atoms with Crippen molar-refractivity contribution in [3.8, 4) is 11.5 Å². The maximum Gasteiger partial charge on any atom is 0.188 e. The monoisotopic (exact) mass is 333 g/mol. The molecule has 0 amide bonds. The Morgan fingerprint density at radius 1 is 1.29 bits per heavy atom. The smallest absolute Gasteiger partial charge is 0.188 e. The fourth-order valence-corrected chi connectivity index (χ4v) is 2.81.